The molecule has 0 aliphatic rings. The number of hydrogen-bond acceptors (Lipinski definition) is 0. The SMILES string of the molecule is [CH3][Sn]([CH3])([CH3])/[CH]=C\c1[c]([Sn]([CH3])([CH3])[CH3])ccc2ccccc12. The van der Waals surface area contributed by atoms with Crippen LogP contribution in [0.25, 0.3) is 16.8 Å². The van der Waals surface area contributed by atoms with E-state index in [1.165, 1.54) is 16.3 Å². The molecular weight excluding hydrogens is 454 g/mol. The van der Waals surface area contributed by atoms with Gasteiger partial charge in [-0.3, -0.25) is 0 Å². The third kappa shape index (κ3) is 4.03. The average Bonchev–Trinajstić information content (AvgIpc) is 2.33. The summed E-state index contributed by atoms with van der Waals surface area (Å²) in [6.07, 6.45) is 2.45. The molecule has 0 aliphatic carbocycles. The van der Waals surface area contributed by atoms with Crippen molar-refractivity contribution in [1.29, 1.82) is 0 Å². The maximum absolute atomic E-state index is 2.55. The van der Waals surface area contributed by atoms with E-state index < -0.39 is 36.8 Å². The van der Waals surface area contributed by atoms with E-state index in [1.54, 1.807) is 3.58 Å². The Labute approximate surface area is 132 Å². The molecule has 0 aromatic heterocycles. The van der Waals surface area contributed by atoms with E-state index in [-0.39, 0.29) is 0 Å². The van der Waals surface area contributed by atoms with Crippen molar-refractivity contribution in [1.82, 2.24) is 0 Å². The van der Waals surface area contributed by atoms with Crippen molar-refractivity contribution >= 4 is 57.2 Å². The summed E-state index contributed by atoms with van der Waals surface area (Å²) in [6, 6.07) is 13.5. The summed E-state index contributed by atoms with van der Waals surface area (Å²) < 4.78 is 4.21. The van der Waals surface area contributed by atoms with Crippen LogP contribution >= 0.6 is 0 Å². The Kier molecular flexibility index (Phi) is 4.95. The zero-order valence-electron chi connectivity index (χ0n) is 13.6. The number of benzene rings is 2. The Morgan fingerprint density at radius 1 is 0.800 bits per heavy atom. The van der Waals surface area contributed by atoms with Crippen LogP contribution in [0.1, 0.15) is 5.56 Å². The van der Waals surface area contributed by atoms with E-state index in [0.717, 1.165) is 0 Å². The molecule has 106 valence electrons. The standard InChI is InChI=1S/C12H8.6CH3.2Sn/c1-2-10-7-5-8-11-6-3-4-9-12(10)11;;;;;;;;/h1-6,8-9H;6*1H3;;. The number of hydrogen-bond donors (Lipinski definition) is 0. The Balaban J connectivity index is 2.72. The van der Waals surface area contributed by atoms with Crippen LogP contribution in [0.3, 0.4) is 0 Å². The predicted molar refractivity (Wildman–Crippen MR) is 99.3 cm³/mol. The van der Waals surface area contributed by atoms with Gasteiger partial charge in [-0.05, 0) is 0 Å². The van der Waals surface area contributed by atoms with Crippen molar-refractivity contribution in [2.45, 2.75) is 29.6 Å². The zero-order valence-corrected chi connectivity index (χ0v) is 19.3. The molecule has 0 unspecified atom stereocenters. The number of fused-ring (bicyclic) bond motifs is 1. The molecule has 0 amide bonds. The molecule has 0 spiro atoms. The Bertz CT molecular complexity index is 640. The van der Waals surface area contributed by atoms with E-state index in [1.807, 2.05) is 0 Å². The molecule has 2 aromatic rings. The molecule has 0 fully saturated rings. The van der Waals surface area contributed by atoms with E-state index >= 15 is 0 Å². The predicted octanol–water partition coefficient (Wildman–Crippen LogP) is 5.28. The molecule has 0 aliphatic heterocycles. The second-order valence-electron chi connectivity index (χ2n) is 7.70. The molecule has 0 radical (unpaired) electrons. The van der Waals surface area contributed by atoms with Gasteiger partial charge in [-0.2, -0.15) is 0 Å². The van der Waals surface area contributed by atoms with Crippen molar-refractivity contribution in [3.8, 4) is 0 Å². The molecule has 0 heterocycles. The molecule has 0 nitrogen and oxygen atoms in total. The fourth-order valence-electron chi connectivity index (χ4n) is 2.46. The van der Waals surface area contributed by atoms with Gasteiger partial charge < -0.3 is 0 Å². The van der Waals surface area contributed by atoms with Crippen molar-refractivity contribution in [2.24, 2.45) is 0 Å². The van der Waals surface area contributed by atoms with E-state index in [4.69, 9.17) is 0 Å². The van der Waals surface area contributed by atoms with Crippen molar-refractivity contribution < 1.29 is 0 Å². The fourth-order valence-corrected chi connectivity index (χ4v) is 8.96. The van der Waals surface area contributed by atoms with Crippen LogP contribution in [0.5, 0.6) is 0 Å². The second kappa shape index (κ2) is 6.03. The van der Waals surface area contributed by atoms with E-state index in [2.05, 4.69) is 76.2 Å². The number of rotatable bonds is 3. The van der Waals surface area contributed by atoms with Gasteiger partial charge in [-0.25, -0.2) is 0 Å². The van der Waals surface area contributed by atoms with Crippen LogP contribution < -0.4 is 3.58 Å². The molecule has 0 saturated carbocycles. The van der Waals surface area contributed by atoms with Crippen LogP contribution in [0.4, 0.5) is 0 Å². The average molecular weight is 480 g/mol. The van der Waals surface area contributed by atoms with Crippen molar-refractivity contribution in [3.63, 3.8) is 0 Å². The van der Waals surface area contributed by atoms with Gasteiger partial charge in [0.25, 0.3) is 0 Å². The molecule has 0 N–H and O–H groups in total. The first-order valence-corrected chi connectivity index (χ1v) is 27.6. The summed E-state index contributed by atoms with van der Waals surface area (Å²) in [6.45, 7) is 0. The van der Waals surface area contributed by atoms with E-state index in [0.29, 0.717) is 0 Å². The molecule has 20 heavy (non-hydrogen) atoms. The molecular formula is C18H26Sn2. The normalized spacial score (nSPS) is 13.3. The van der Waals surface area contributed by atoms with Gasteiger partial charge in [0.05, 0.1) is 0 Å². The molecule has 2 heteroatoms. The van der Waals surface area contributed by atoms with Gasteiger partial charge in [0.2, 0.25) is 0 Å². The molecule has 0 saturated heterocycles. The Hall–Kier alpha value is 0.0374. The monoisotopic (exact) mass is 482 g/mol. The van der Waals surface area contributed by atoms with Crippen LogP contribution in [0, 0.1) is 0 Å². The Morgan fingerprint density at radius 2 is 1.45 bits per heavy atom. The zero-order chi connectivity index (χ0) is 15.0. The molecule has 2 aromatic carbocycles. The molecule has 2 rings (SSSR count). The first kappa shape index (κ1) is 16.4. The van der Waals surface area contributed by atoms with Gasteiger partial charge >= 0.3 is 133 Å². The first-order chi connectivity index (χ1) is 9.18. The van der Waals surface area contributed by atoms with Crippen LogP contribution in [0.2, 0.25) is 29.6 Å². The molecule has 0 atom stereocenters. The minimum absolute atomic E-state index is 1.37. The summed E-state index contributed by atoms with van der Waals surface area (Å²) >= 11 is -3.96. The summed E-state index contributed by atoms with van der Waals surface area (Å²) in [5.74, 6) is 0. The third-order valence-electron chi connectivity index (χ3n) is 3.53. The summed E-state index contributed by atoms with van der Waals surface area (Å²) in [5.41, 5.74) is 1.51. The summed E-state index contributed by atoms with van der Waals surface area (Å²) in [7, 11) is 0. The Morgan fingerprint density at radius 3 is 2.05 bits per heavy atom. The first-order valence-electron chi connectivity index (χ1n) is 7.40. The topological polar surface area (TPSA) is 0 Å². The second-order valence-corrected chi connectivity index (χ2v) is 36.5. The fraction of sp³-hybridized carbons (Fsp3) is 0.333. The van der Waals surface area contributed by atoms with Gasteiger partial charge in [0.15, 0.2) is 0 Å². The van der Waals surface area contributed by atoms with Gasteiger partial charge in [0, 0.05) is 0 Å². The van der Waals surface area contributed by atoms with Crippen molar-refractivity contribution in [3.05, 3.63) is 46.1 Å². The van der Waals surface area contributed by atoms with Gasteiger partial charge in [-0.1, -0.05) is 0 Å². The van der Waals surface area contributed by atoms with Crippen LogP contribution in [-0.2, 0) is 0 Å². The summed E-state index contributed by atoms with van der Waals surface area (Å²) in [5, 5.41) is 2.80. The van der Waals surface area contributed by atoms with E-state index in [9.17, 15) is 0 Å². The third-order valence-corrected chi connectivity index (χ3v) is 12.7. The van der Waals surface area contributed by atoms with Crippen LogP contribution in [0.15, 0.2) is 40.5 Å². The van der Waals surface area contributed by atoms with Gasteiger partial charge in [-0.15, -0.1) is 0 Å². The van der Waals surface area contributed by atoms with Crippen LogP contribution in [-0.4, -0.2) is 36.8 Å². The summed E-state index contributed by atoms with van der Waals surface area (Å²) in [4.78, 5) is 14.9. The molecule has 0 bridgehead atoms. The maximum atomic E-state index is 2.55. The van der Waals surface area contributed by atoms with Crippen molar-refractivity contribution in [2.75, 3.05) is 0 Å². The minimum atomic E-state index is -2.09. The van der Waals surface area contributed by atoms with Gasteiger partial charge in [0.1, 0.15) is 0 Å². The quantitative estimate of drug-likeness (QED) is 0.526.